The molecule has 0 radical (unpaired) electrons. The standard InChI is InChI=1S/C23H18ClN3O6S/c24-16-8-6-15(7-9-16)13-27(34(31,32)19-4-2-1-3-5-19)14-18-11-10-17(33-18)12-20-21(28)25-23(30)26-22(20)29/h1-12H,13-14H2,(H2,25,26,28,29,30). The zero-order valence-corrected chi connectivity index (χ0v) is 19.1. The molecule has 0 aliphatic carbocycles. The summed E-state index contributed by atoms with van der Waals surface area (Å²) in [6.45, 7) is -0.0572. The van der Waals surface area contributed by atoms with Crippen LogP contribution in [0.15, 0.2) is 81.6 Å². The molecule has 1 fully saturated rings. The Kier molecular flexibility index (Phi) is 6.64. The molecule has 2 heterocycles. The van der Waals surface area contributed by atoms with Crippen molar-refractivity contribution in [1.82, 2.24) is 14.9 Å². The van der Waals surface area contributed by atoms with Gasteiger partial charge in [-0.2, -0.15) is 4.31 Å². The van der Waals surface area contributed by atoms with Crippen LogP contribution in [0.5, 0.6) is 0 Å². The zero-order chi connectivity index (χ0) is 24.3. The van der Waals surface area contributed by atoms with E-state index in [0.717, 1.165) is 5.56 Å². The monoisotopic (exact) mass is 499 g/mol. The number of nitrogens with zero attached hydrogens (tertiary/aromatic N) is 1. The van der Waals surface area contributed by atoms with Gasteiger partial charge < -0.3 is 4.42 Å². The van der Waals surface area contributed by atoms with E-state index >= 15 is 0 Å². The summed E-state index contributed by atoms with van der Waals surface area (Å²) in [4.78, 5) is 35.2. The summed E-state index contributed by atoms with van der Waals surface area (Å²) in [6.07, 6.45) is 1.18. The normalized spacial score (nSPS) is 14.2. The van der Waals surface area contributed by atoms with Gasteiger partial charge in [0.15, 0.2) is 0 Å². The maximum atomic E-state index is 13.4. The van der Waals surface area contributed by atoms with Crippen LogP contribution in [0.4, 0.5) is 4.79 Å². The van der Waals surface area contributed by atoms with E-state index in [4.69, 9.17) is 16.0 Å². The summed E-state index contributed by atoms with van der Waals surface area (Å²) in [6, 6.07) is 16.9. The highest BCUT2D eigenvalue weighted by Crippen LogP contribution is 2.23. The number of hydrogen-bond donors (Lipinski definition) is 2. The Morgan fingerprint density at radius 3 is 2.15 bits per heavy atom. The summed E-state index contributed by atoms with van der Waals surface area (Å²) >= 11 is 5.95. The molecule has 0 spiro atoms. The van der Waals surface area contributed by atoms with Crippen LogP contribution in [0.3, 0.4) is 0 Å². The molecule has 0 atom stereocenters. The third kappa shape index (κ3) is 5.25. The lowest BCUT2D eigenvalue weighted by Crippen LogP contribution is -2.51. The number of sulfonamides is 1. The second-order valence-electron chi connectivity index (χ2n) is 7.31. The van der Waals surface area contributed by atoms with Crippen LogP contribution < -0.4 is 10.6 Å². The molecule has 1 aliphatic heterocycles. The van der Waals surface area contributed by atoms with Crippen LogP contribution in [0, 0.1) is 0 Å². The number of furan rings is 1. The maximum Gasteiger partial charge on any atom is 0.328 e. The average Bonchev–Trinajstić information content (AvgIpc) is 3.25. The average molecular weight is 500 g/mol. The third-order valence-corrected chi connectivity index (χ3v) is 6.96. The van der Waals surface area contributed by atoms with Gasteiger partial charge in [-0.25, -0.2) is 13.2 Å². The van der Waals surface area contributed by atoms with Crippen molar-refractivity contribution >= 4 is 45.5 Å². The van der Waals surface area contributed by atoms with Gasteiger partial charge in [0.25, 0.3) is 11.8 Å². The fourth-order valence-electron chi connectivity index (χ4n) is 3.24. The first-order chi connectivity index (χ1) is 16.2. The molecule has 0 bridgehead atoms. The van der Waals surface area contributed by atoms with Crippen LogP contribution in [0.1, 0.15) is 17.1 Å². The number of carbonyl (C=O) groups excluding carboxylic acids is 3. The summed E-state index contributed by atoms with van der Waals surface area (Å²) in [7, 11) is -3.89. The van der Waals surface area contributed by atoms with E-state index in [9.17, 15) is 22.8 Å². The highest BCUT2D eigenvalue weighted by atomic mass is 35.5. The van der Waals surface area contributed by atoms with Gasteiger partial charge in [-0.3, -0.25) is 20.2 Å². The molecule has 11 heteroatoms. The lowest BCUT2D eigenvalue weighted by atomic mass is 10.1. The third-order valence-electron chi connectivity index (χ3n) is 4.90. The first kappa shape index (κ1) is 23.4. The Morgan fingerprint density at radius 1 is 0.853 bits per heavy atom. The minimum atomic E-state index is -3.89. The van der Waals surface area contributed by atoms with Gasteiger partial charge in [0.2, 0.25) is 10.0 Å². The van der Waals surface area contributed by atoms with Crippen molar-refractivity contribution < 1.29 is 27.2 Å². The summed E-state index contributed by atoms with van der Waals surface area (Å²) in [5.74, 6) is -1.29. The molecule has 4 amide bonds. The summed E-state index contributed by atoms with van der Waals surface area (Å²) in [5.41, 5.74) is 0.411. The van der Waals surface area contributed by atoms with Crippen molar-refractivity contribution in [2.75, 3.05) is 0 Å². The highest BCUT2D eigenvalue weighted by Gasteiger charge is 2.29. The van der Waals surface area contributed by atoms with Gasteiger partial charge in [0.05, 0.1) is 11.4 Å². The van der Waals surface area contributed by atoms with Gasteiger partial charge >= 0.3 is 6.03 Å². The molecule has 174 valence electrons. The highest BCUT2D eigenvalue weighted by molar-refractivity contribution is 7.89. The van der Waals surface area contributed by atoms with Gasteiger partial charge in [-0.1, -0.05) is 41.9 Å². The Labute approximate surface area is 200 Å². The number of urea groups is 1. The molecular formula is C23H18ClN3O6S. The van der Waals surface area contributed by atoms with E-state index in [-0.39, 0.29) is 35.1 Å². The predicted octanol–water partition coefficient (Wildman–Crippen LogP) is 3.07. The molecule has 3 aromatic rings. The number of hydrogen-bond acceptors (Lipinski definition) is 6. The number of benzene rings is 2. The Morgan fingerprint density at radius 2 is 1.50 bits per heavy atom. The largest absolute Gasteiger partial charge is 0.460 e. The second kappa shape index (κ2) is 9.64. The quantitative estimate of drug-likeness (QED) is 0.380. The number of carbonyl (C=O) groups is 3. The number of rotatable bonds is 7. The van der Waals surface area contributed by atoms with E-state index in [1.807, 2.05) is 10.6 Å². The van der Waals surface area contributed by atoms with E-state index in [1.165, 1.54) is 28.6 Å². The summed E-state index contributed by atoms with van der Waals surface area (Å²) < 4.78 is 33.6. The Hall–Kier alpha value is -3.73. The number of imide groups is 2. The van der Waals surface area contributed by atoms with Gasteiger partial charge in [0, 0.05) is 11.6 Å². The topological polar surface area (TPSA) is 126 Å². The Balaban J connectivity index is 1.62. The van der Waals surface area contributed by atoms with Crippen LogP contribution in [0.2, 0.25) is 5.02 Å². The van der Waals surface area contributed by atoms with Crippen LogP contribution >= 0.6 is 11.6 Å². The minimum Gasteiger partial charge on any atom is -0.460 e. The molecule has 4 rings (SSSR count). The van der Waals surface area contributed by atoms with Crippen molar-refractivity contribution in [1.29, 1.82) is 0 Å². The molecular weight excluding hydrogens is 482 g/mol. The van der Waals surface area contributed by atoms with Crippen LogP contribution in [-0.4, -0.2) is 30.6 Å². The maximum absolute atomic E-state index is 13.4. The fourth-order valence-corrected chi connectivity index (χ4v) is 4.78. The van der Waals surface area contributed by atoms with E-state index in [2.05, 4.69) is 0 Å². The van der Waals surface area contributed by atoms with Crippen LogP contribution in [0.25, 0.3) is 6.08 Å². The second-order valence-corrected chi connectivity index (χ2v) is 9.69. The predicted molar refractivity (Wildman–Crippen MR) is 123 cm³/mol. The van der Waals surface area contributed by atoms with Crippen molar-refractivity contribution in [3.63, 3.8) is 0 Å². The lowest BCUT2D eigenvalue weighted by molar-refractivity contribution is -0.123. The van der Waals surface area contributed by atoms with E-state index in [0.29, 0.717) is 5.02 Å². The molecule has 1 aromatic heterocycles. The molecule has 0 saturated carbocycles. The van der Waals surface area contributed by atoms with Gasteiger partial charge in [0.1, 0.15) is 17.1 Å². The van der Waals surface area contributed by atoms with E-state index in [1.54, 1.807) is 48.5 Å². The first-order valence-corrected chi connectivity index (χ1v) is 11.8. The number of amides is 4. The molecule has 34 heavy (non-hydrogen) atoms. The lowest BCUT2D eigenvalue weighted by Gasteiger charge is -2.21. The van der Waals surface area contributed by atoms with Gasteiger partial charge in [-0.15, -0.1) is 0 Å². The summed E-state index contributed by atoms with van der Waals surface area (Å²) in [5, 5.41) is 4.47. The smallest absolute Gasteiger partial charge is 0.328 e. The van der Waals surface area contributed by atoms with Crippen molar-refractivity contribution in [2.45, 2.75) is 18.0 Å². The zero-order valence-electron chi connectivity index (χ0n) is 17.5. The van der Waals surface area contributed by atoms with E-state index < -0.39 is 27.9 Å². The number of nitrogens with one attached hydrogen (secondary N) is 2. The number of barbiturate groups is 1. The molecule has 1 aliphatic rings. The number of halogens is 1. The minimum absolute atomic E-state index is 0.0540. The van der Waals surface area contributed by atoms with Gasteiger partial charge in [-0.05, 0) is 48.0 Å². The molecule has 2 N–H and O–H groups in total. The SMILES string of the molecule is O=C1NC(=O)C(=Cc2ccc(CN(Cc3ccc(Cl)cc3)S(=O)(=O)c3ccccc3)o2)C(=O)N1. The first-order valence-electron chi connectivity index (χ1n) is 9.99. The Bertz CT molecular complexity index is 1360. The fraction of sp³-hybridized carbons (Fsp3) is 0.0870. The molecule has 2 aromatic carbocycles. The van der Waals surface area contributed by atoms with Crippen molar-refractivity contribution in [2.24, 2.45) is 0 Å². The molecule has 0 unspecified atom stereocenters. The van der Waals surface area contributed by atoms with Crippen molar-refractivity contribution in [3.05, 3.63) is 94.4 Å². The van der Waals surface area contributed by atoms with Crippen molar-refractivity contribution in [3.8, 4) is 0 Å². The molecule has 9 nitrogen and oxygen atoms in total. The molecule has 1 saturated heterocycles. The van der Waals surface area contributed by atoms with Crippen LogP contribution in [-0.2, 0) is 32.7 Å².